The molecule has 1 aliphatic rings. The van der Waals surface area contributed by atoms with Crippen LogP contribution in [0.1, 0.15) is 28.3 Å². The molecule has 3 aromatic heterocycles. The molecule has 3 aromatic rings. The number of aromatic nitrogens is 4. The van der Waals surface area contributed by atoms with E-state index in [2.05, 4.69) is 30.6 Å². The zero-order valence-corrected chi connectivity index (χ0v) is 14.4. The van der Waals surface area contributed by atoms with E-state index in [1.165, 1.54) is 6.33 Å². The summed E-state index contributed by atoms with van der Waals surface area (Å²) in [6.45, 7) is 3.25. The summed E-state index contributed by atoms with van der Waals surface area (Å²) >= 11 is 0. The minimum atomic E-state index is -0.439. The first-order valence-electron chi connectivity index (χ1n) is 8.53. The molecule has 26 heavy (non-hydrogen) atoms. The van der Waals surface area contributed by atoms with Crippen molar-refractivity contribution >= 4 is 11.6 Å². The highest BCUT2D eigenvalue weighted by Gasteiger charge is 2.24. The maximum Gasteiger partial charge on any atom is 0.218 e. The predicted octanol–water partition coefficient (Wildman–Crippen LogP) is 3.08. The summed E-state index contributed by atoms with van der Waals surface area (Å²) in [4.78, 5) is 16.5. The maximum atomic E-state index is 14.5. The summed E-state index contributed by atoms with van der Waals surface area (Å²) in [6.07, 6.45) is 5.64. The first kappa shape index (κ1) is 16.4. The van der Waals surface area contributed by atoms with E-state index in [-0.39, 0.29) is 5.92 Å². The molecule has 1 atom stereocenters. The molecule has 0 saturated carbocycles. The SMILES string of the molecule is Cc1cc(CNc2ccc(CC3CNc4ncncc43)c(F)n2)ccn1. The number of nitrogens with one attached hydrogen (secondary N) is 2. The van der Waals surface area contributed by atoms with Gasteiger partial charge in [0.1, 0.15) is 18.0 Å². The third-order valence-electron chi connectivity index (χ3n) is 4.52. The van der Waals surface area contributed by atoms with Gasteiger partial charge in [-0.05, 0) is 37.1 Å². The summed E-state index contributed by atoms with van der Waals surface area (Å²) in [5.41, 5.74) is 3.66. The van der Waals surface area contributed by atoms with Crippen LogP contribution in [0, 0.1) is 12.9 Å². The van der Waals surface area contributed by atoms with E-state index >= 15 is 0 Å². The standard InChI is InChI=1S/C19H19FN6/c1-12-6-13(4-5-22-12)8-23-17-3-2-14(18(20)26-17)7-15-9-24-19-16(15)10-21-11-25-19/h2-6,10-11,15H,7-9H2,1H3,(H,23,26)(H,21,24,25). The molecule has 6 nitrogen and oxygen atoms in total. The van der Waals surface area contributed by atoms with Crippen molar-refractivity contribution in [1.29, 1.82) is 0 Å². The average Bonchev–Trinajstić information content (AvgIpc) is 3.05. The van der Waals surface area contributed by atoms with Crippen LogP contribution in [0.25, 0.3) is 0 Å². The third kappa shape index (κ3) is 3.46. The number of nitrogens with zero attached hydrogens (tertiary/aromatic N) is 4. The number of aryl methyl sites for hydroxylation is 1. The molecule has 4 rings (SSSR count). The van der Waals surface area contributed by atoms with Crippen molar-refractivity contribution in [2.45, 2.75) is 25.8 Å². The van der Waals surface area contributed by atoms with Gasteiger partial charge in [0.25, 0.3) is 0 Å². The summed E-state index contributed by atoms with van der Waals surface area (Å²) in [6, 6.07) is 7.53. The molecule has 0 aliphatic carbocycles. The Labute approximate surface area is 151 Å². The van der Waals surface area contributed by atoms with Crippen LogP contribution < -0.4 is 10.6 Å². The molecule has 0 aromatic carbocycles. The number of fused-ring (bicyclic) bond motifs is 1. The minimum Gasteiger partial charge on any atom is -0.369 e. The second-order valence-corrected chi connectivity index (χ2v) is 6.41. The minimum absolute atomic E-state index is 0.154. The van der Waals surface area contributed by atoms with Crippen molar-refractivity contribution in [2.24, 2.45) is 0 Å². The molecule has 0 spiro atoms. The Kier molecular flexibility index (Phi) is 4.43. The van der Waals surface area contributed by atoms with Gasteiger partial charge in [-0.2, -0.15) is 4.39 Å². The van der Waals surface area contributed by atoms with E-state index in [1.807, 2.05) is 25.1 Å². The van der Waals surface area contributed by atoms with Crippen LogP contribution in [0.5, 0.6) is 0 Å². The predicted molar refractivity (Wildman–Crippen MR) is 97.5 cm³/mol. The van der Waals surface area contributed by atoms with Crippen LogP contribution in [-0.2, 0) is 13.0 Å². The monoisotopic (exact) mass is 350 g/mol. The molecule has 0 bridgehead atoms. The molecular weight excluding hydrogens is 331 g/mol. The topological polar surface area (TPSA) is 75.6 Å². The Bertz CT molecular complexity index is 929. The van der Waals surface area contributed by atoms with E-state index in [4.69, 9.17) is 0 Å². The first-order valence-corrected chi connectivity index (χ1v) is 8.53. The van der Waals surface area contributed by atoms with Crippen LogP contribution in [-0.4, -0.2) is 26.5 Å². The number of hydrogen-bond acceptors (Lipinski definition) is 6. The number of hydrogen-bond donors (Lipinski definition) is 2. The van der Waals surface area contributed by atoms with Crippen molar-refractivity contribution in [3.8, 4) is 0 Å². The van der Waals surface area contributed by atoms with Gasteiger partial charge in [-0.3, -0.25) is 4.98 Å². The normalized spacial score (nSPS) is 15.4. The van der Waals surface area contributed by atoms with Crippen molar-refractivity contribution < 1.29 is 4.39 Å². The molecule has 0 fully saturated rings. The van der Waals surface area contributed by atoms with Gasteiger partial charge < -0.3 is 10.6 Å². The fraction of sp³-hybridized carbons (Fsp3) is 0.263. The van der Waals surface area contributed by atoms with E-state index in [0.29, 0.717) is 24.3 Å². The van der Waals surface area contributed by atoms with E-state index in [9.17, 15) is 4.39 Å². The highest BCUT2D eigenvalue weighted by molar-refractivity contribution is 5.51. The molecule has 7 heteroatoms. The number of halogens is 1. The lowest BCUT2D eigenvalue weighted by Gasteiger charge is -2.12. The van der Waals surface area contributed by atoms with Crippen LogP contribution >= 0.6 is 0 Å². The molecule has 0 amide bonds. The molecule has 1 aliphatic heterocycles. The lowest BCUT2D eigenvalue weighted by atomic mass is 9.96. The lowest BCUT2D eigenvalue weighted by Crippen LogP contribution is -2.09. The van der Waals surface area contributed by atoms with Crippen molar-refractivity contribution in [3.05, 3.63) is 71.3 Å². The van der Waals surface area contributed by atoms with Gasteiger partial charge in [-0.1, -0.05) is 6.07 Å². The number of rotatable bonds is 5. The fourth-order valence-corrected chi connectivity index (χ4v) is 3.18. The van der Waals surface area contributed by atoms with Gasteiger partial charge in [-0.25, -0.2) is 15.0 Å². The largest absolute Gasteiger partial charge is 0.369 e. The van der Waals surface area contributed by atoms with Gasteiger partial charge in [0, 0.05) is 48.2 Å². The Hall–Kier alpha value is -3.09. The smallest absolute Gasteiger partial charge is 0.218 e. The van der Waals surface area contributed by atoms with Gasteiger partial charge in [-0.15, -0.1) is 0 Å². The molecule has 0 radical (unpaired) electrons. The summed E-state index contributed by atoms with van der Waals surface area (Å²) in [5.74, 6) is 1.07. The van der Waals surface area contributed by atoms with Crippen LogP contribution in [0.3, 0.4) is 0 Å². The molecule has 1 unspecified atom stereocenters. The van der Waals surface area contributed by atoms with Crippen molar-refractivity contribution in [2.75, 3.05) is 17.2 Å². The number of anilines is 2. The third-order valence-corrected chi connectivity index (χ3v) is 4.52. The maximum absolute atomic E-state index is 14.5. The zero-order valence-electron chi connectivity index (χ0n) is 14.4. The van der Waals surface area contributed by atoms with Gasteiger partial charge in [0.15, 0.2) is 0 Å². The molecule has 2 N–H and O–H groups in total. The van der Waals surface area contributed by atoms with E-state index in [1.54, 1.807) is 18.5 Å². The highest BCUT2D eigenvalue weighted by Crippen LogP contribution is 2.31. The average molecular weight is 350 g/mol. The second-order valence-electron chi connectivity index (χ2n) is 6.41. The highest BCUT2D eigenvalue weighted by atomic mass is 19.1. The molecule has 0 saturated heterocycles. The van der Waals surface area contributed by atoms with Crippen LogP contribution in [0.15, 0.2) is 43.0 Å². The van der Waals surface area contributed by atoms with Gasteiger partial charge in [0.05, 0.1) is 0 Å². The first-order chi connectivity index (χ1) is 12.7. The van der Waals surface area contributed by atoms with E-state index in [0.717, 1.165) is 29.2 Å². The quantitative estimate of drug-likeness (QED) is 0.689. The molecular formula is C19H19FN6. The van der Waals surface area contributed by atoms with Gasteiger partial charge in [0.2, 0.25) is 5.95 Å². The van der Waals surface area contributed by atoms with Crippen LogP contribution in [0.2, 0.25) is 0 Å². The van der Waals surface area contributed by atoms with Crippen molar-refractivity contribution in [3.63, 3.8) is 0 Å². The summed E-state index contributed by atoms with van der Waals surface area (Å²) in [7, 11) is 0. The lowest BCUT2D eigenvalue weighted by molar-refractivity contribution is 0.558. The van der Waals surface area contributed by atoms with Crippen LogP contribution in [0.4, 0.5) is 16.0 Å². The Morgan fingerprint density at radius 3 is 3.04 bits per heavy atom. The fourth-order valence-electron chi connectivity index (χ4n) is 3.18. The Balaban J connectivity index is 1.43. The zero-order chi connectivity index (χ0) is 17.9. The van der Waals surface area contributed by atoms with Crippen molar-refractivity contribution in [1.82, 2.24) is 19.9 Å². The summed E-state index contributed by atoms with van der Waals surface area (Å²) in [5, 5.41) is 6.39. The van der Waals surface area contributed by atoms with Gasteiger partial charge >= 0.3 is 0 Å². The molecule has 4 heterocycles. The Morgan fingerprint density at radius 1 is 1.27 bits per heavy atom. The summed E-state index contributed by atoms with van der Waals surface area (Å²) < 4.78 is 14.5. The second kappa shape index (κ2) is 7.03. The molecule has 132 valence electrons. The Morgan fingerprint density at radius 2 is 2.19 bits per heavy atom. The number of pyridine rings is 2. The van der Waals surface area contributed by atoms with E-state index < -0.39 is 5.95 Å².